The third-order valence-electron chi connectivity index (χ3n) is 8.79. The Morgan fingerprint density at radius 3 is 2.49 bits per heavy atom. The molecule has 8 N–H and O–H groups in total. The summed E-state index contributed by atoms with van der Waals surface area (Å²) in [5.74, 6) is -4.66. The lowest BCUT2D eigenvalue weighted by molar-refractivity contribution is -0.911. The Hall–Kier alpha value is -4.49. The van der Waals surface area contributed by atoms with Crippen molar-refractivity contribution in [3.8, 4) is 11.5 Å². The SMILES string of the molecule is CC(C)(O/N=C(\C(=O)N[C@@H]1C(=O)N2C(C(=O)O)=C(C[N+]3(CCNC(=O)c4ccc(O)c(O)c4)CCCC3)CS[C@H]12)C1CSC(N)=N1)C(=O)O. The molecule has 0 spiro atoms. The summed E-state index contributed by atoms with van der Waals surface area (Å²) < 4.78 is 0.510. The molecule has 0 aliphatic carbocycles. The molecule has 4 aliphatic rings. The number of nitrogens with zero attached hydrogens (tertiary/aromatic N) is 4. The average Bonchev–Trinajstić information content (AvgIpc) is 3.69. The summed E-state index contributed by atoms with van der Waals surface area (Å²) in [4.78, 5) is 74.2. The number of fused-ring (bicyclic) bond motifs is 1. The minimum atomic E-state index is -1.76. The molecule has 0 radical (unpaired) electrons. The largest absolute Gasteiger partial charge is 0.504 e. The van der Waals surface area contributed by atoms with Crippen LogP contribution in [-0.2, 0) is 24.0 Å². The second-order valence-corrected chi connectivity index (χ2v) is 14.8. The summed E-state index contributed by atoms with van der Waals surface area (Å²) in [6, 6.07) is 1.86. The molecule has 0 bridgehead atoms. The number of carbonyl (C=O) groups is 5. The van der Waals surface area contributed by atoms with Crippen molar-refractivity contribution in [1.82, 2.24) is 15.5 Å². The molecule has 264 valence electrons. The van der Waals surface area contributed by atoms with Gasteiger partial charge < -0.3 is 46.1 Å². The Morgan fingerprint density at radius 2 is 1.88 bits per heavy atom. The van der Waals surface area contributed by atoms with Gasteiger partial charge in [-0.2, -0.15) is 0 Å². The lowest BCUT2D eigenvalue weighted by Gasteiger charge is -2.50. The van der Waals surface area contributed by atoms with Crippen LogP contribution in [-0.4, -0.2) is 138 Å². The second kappa shape index (κ2) is 14.2. The predicted molar refractivity (Wildman–Crippen MR) is 179 cm³/mol. The van der Waals surface area contributed by atoms with Gasteiger partial charge in [0.1, 0.15) is 29.7 Å². The summed E-state index contributed by atoms with van der Waals surface area (Å²) >= 11 is 2.49. The van der Waals surface area contributed by atoms with E-state index >= 15 is 0 Å². The van der Waals surface area contributed by atoms with Crippen molar-refractivity contribution in [3.05, 3.63) is 35.0 Å². The quantitative estimate of drug-likeness (QED) is 0.0461. The number of β-lactam (4-membered cyclic amide) rings is 1. The van der Waals surface area contributed by atoms with Crippen LogP contribution in [0.3, 0.4) is 0 Å². The van der Waals surface area contributed by atoms with Crippen LogP contribution in [0.5, 0.6) is 11.5 Å². The minimum absolute atomic E-state index is 0.128. The zero-order valence-electron chi connectivity index (χ0n) is 26.7. The molecule has 2 saturated heterocycles. The first-order chi connectivity index (χ1) is 23.1. The fourth-order valence-corrected chi connectivity index (χ4v) is 8.15. The first kappa shape index (κ1) is 35.8. The molecule has 0 aromatic heterocycles. The topological polar surface area (TPSA) is 254 Å². The van der Waals surface area contributed by atoms with Crippen molar-refractivity contribution in [3.63, 3.8) is 0 Å². The standard InChI is InChI=1S/C30H37N7O10S2/c1-30(2,28(45)46)47-35-20(17-14-49-29(31)33-17)24(41)34-21-25(42)36-22(27(43)44)16(13-48-26(21)36)12-37(8-3-4-9-37)10-7-32-23(40)15-5-6-18(38)19(39)11-15/h5-6,11,17,21,26H,3-4,7-10,12-14H2,1-2H3,(H7-,31,32,33,34,35,38,39,40,41,43,44,45,46)/p+1/t17?,21-,26-/m1/s1. The lowest BCUT2D eigenvalue weighted by atomic mass is 10.0. The van der Waals surface area contributed by atoms with Gasteiger partial charge in [0.05, 0.1) is 26.2 Å². The highest BCUT2D eigenvalue weighted by atomic mass is 32.2. The van der Waals surface area contributed by atoms with E-state index in [0.29, 0.717) is 28.9 Å². The molecule has 5 rings (SSSR count). The third kappa shape index (κ3) is 7.57. The number of phenolic OH excluding ortho intramolecular Hbond substituents is 2. The number of nitrogens with two attached hydrogens (primary N) is 1. The number of benzene rings is 1. The van der Waals surface area contributed by atoms with Crippen molar-refractivity contribution in [2.24, 2.45) is 15.9 Å². The van der Waals surface area contributed by atoms with Gasteiger partial charge in [-0.1, -0.05) is 16.9 Å². The summed E-state index contributed by atoms with van der Waals surface area (Å²) in [6.45, 7) is 5.15. The first-order valence-corrected chi connectivity index (χ1v) is 17.5. The first-order valence-electron chi connectivity index (χ1n) is 15.4. The Balaban J connectivity index is 1.28. The van der Waals surface area contributed by atoms with Crippen molar-refractivity contribution in [2.75, 3.05) is 44.2 Å². The van der Waals surface area contributed by atoms with Crippen molar-refractivity contribution < 1.29 is 53.7 Å². The number of hydrogen-bond donors (Lipinski definition) is 7. The zero-order chi connectivity index (χ0) is 35.7. The number of likely N-dealkylation sites (tertiary alicyclic amines) is 1. The molecular weight excluding hydrogens is 683 g/mol. The number of rotatable bonds is 13. The smallest absolute Gasteiger partial charge is 0.352 e. The molecule has 3 atom stereocenters. The van der Waals surface area contributed by atoms with Crippen molar-refractivity contribution in [2.45, 2.75) is 49.7 Å². The lowest BCUT2D eigenvalue weighted by Crippen LogP contribution is -2.71. The second-order valence-electron chi connectivity index (χ2n) is 12.6. The highest BCUT2D eigenvalue weighted by molar-refractivity contribution is 8.14. The summed E-state index contributed by atoms with van der Waals surface area (Å²) in [6.07, 6.45) is 1.82. The normalized spacial score (nSPS) is 23.3. The Labute approximate surface area is 289 Å². The molecule has 49 heavy (non-hydrogen) atoms. The summed E-state index contributed by atoms with van der Waals surface area (Å²) in [5, 5.41) is 47.7. The molecule has 4 aliphatic heterocycles. The summed E-state index contributed by atoms with van der Waals surface area (Å²) in [5.41, 5.74) is 4.37. The Bertz CT molecular complexity index is 1660. The maximum absolute atomic E-state index is 13.5. The van der Waals surface area contributed by atoms with Crippen LogP contribution in [0.4, 0.5) is 0 Å². The highest BCUT2D eigenvalue weighted by Crippen LogP contribution is 2.41. The fourth-order valence-electron chi connectivity index (χ4n) is 6.05. The maximum atomic E-state index is 13.5. The molecule has 1 unspecified atom stereocenters. The Morgan fingerprint density at radius 1 is 1.16 bits per heavy atom. The highest BCUT2D eigenvalue weighted by Gasteiger charge is 2.55. The number of carboxylic acids is 2. The monoisotopic (exact) mass is 720 g/mol. The van der Waals surface area contributed by atoms with Crippen molar-refractivity contribution in [1.29, 1.82) is 0 Å². The number of carboxylic acid groups (broad SMARTS) is 2. The molecular formula is C30H38N7O10S2+. The minimum Gasteiger partial charge on any atom is -0.504 e. The van der Waals surface area contributed by atoms with E-state index in [2.05, 4.69) is 20.8 Å². The Kier molecular flexibility index (Phi) is 10.3. The predicted octanol–water partition coefficient (Wildman–Crippen LogP) is -0.157. The van der Waals surface area contributed by atoms with E-state index in [1.807, 2.05) is 0 Å². The molecule has 3 amide bonds. The van der Waals surface area contributed by atoms with Crippen LogP contribution in [0.15, 0.2) is 39.6 Å². The molecule has 4 heterocycles. The molecule has 1 aromatic carbocycles. The van der Waals surface area contributed by atoms with Gasteiger partial charge >= 0.3 is 11.9 Å². The third-order valence-corrected chi connectivity index (χ3v) is 11.0. The molecule has 0 saturated carbocycles. The fraction of sp³-hybridized carbons (Fsp3) is 0.500. The van der Waals surface area contributed by atoms with Crippen LogP contribution in [0, 0.1) is 0 Å². The number of hydrogen-bond acceptors (Lipinski definition) is 13. The number of aromatic hydroxyl groups is 2. The van der Waals surface area contributed by atoms with E-state index in [0.717, 1.165) is 25.9 Å². The van der Waals surface area contributed by atoms with Crippen LogP contribution in [0.25, 0.3) is 0 Å². The average molecular weight is 721 g/mol. The van der Waals surface area contributed by atoms with Gasteiger partial charge in [0.2, 0.25) is 5.60 Å². The number of thioether (sulfide) groups is 2. The van der Waals surface area contributed by atoms with Gasteiger partial charge in [-0.25, -0.2) is 9.59 Å². The maximum Gasteiger partial charge on any atom is 0.352 e. The molecule has 1 aromatic rings. The van der Waals surface area contributed by atoms with E-state index in [9.17, 15) is 44.4 Å². The molecule has 17 nitrogen and oxygen atoms in total. The van der Waals surface area contributed by atoms with E-state index < -0.39 is 58.5 Å². The number of quaternary nitrogens is 1. The van der Waals surface area contributed by atoms with Gasteiger partial charge in [-0.05, 0) is 32.0 Å². The van der Waals surface area contributed by atoms with Gasteiger partial charge in [-0.15, -0.1) is 11.8 Å². The molecule has 19 heteroatoms. The molecule has 2 fully saturated rings. The van der Waals surface area contributed by atoms with Gasteiger partial charge in [-0.3, -0.25) is 24.3 Å². The number of oxime groups is 1. The number of carbonyl (C=O) groups excluding carboxylic acids is 3. The van der Waals surface area contributed by atoms with Crippen LogP contribution in [0.2, 0.25) is 0 Å². The number of aliphatic carboxylic acids is 2. The van der Waals surface area contributed by atoms with E-state index in [1.54, 1.807) is 0 Å². The van der Waals surface area contributed by atoms with Crippen LogP contribution >= 0.6 is 23.5 Å². The zero-order valence-corrected chi connectivity index (χ0v) is 28.4. The van der Waals surface area contributed by atoms with Crippen LogP contribution < -0.4 is 16.4 Å². The number of nitrogens with one attached hydrogen (secondary N) is 2. The number of amides is 3. The van der Waals surface area contributed by atoms with Crippen molar-refractivity contribution >= 4 is 64.1 Å². The number of phenols is 2. The van der Waals surface area contributed by atoms with E-state index in [4.69, 9.17) is 10.6 Å². The summed E-state index contributed by atoms with van der Waals surface area (Å²) in [7, 11) is 0. The van der Waals surface area contributed by atoms with Gasteiger partial charge in [0.15, 0.2) is 22.4 Å². The van der Waals surface area contributed by atoms with Gasteiger partial charge in [0, 0.05) is 35.5 Å². The van der Waals surface area contributed by atoms with Crippen LogP contribution in [0.1, 0.15) is 37.0 Å². The number of amidine groups is 1. The number of aliphatic imine (C=N–C) groups is 1. The van der Waals surface area contributed by atoms with E-state index in [-0.39, 0.29) is 40.2 Å². The van der Waals surface area contributed by atoms with Gasteiger partial charge in [0.25, 0.3) is 17.7 Å². The van der Waals surface area contributed by atoms with E-state index in [1.165, 1.54) is 60.5 Å².